The van der Waals surface area contributed by atoms with Crippen molar-refractivity contribution in [3.8, 4) is 28.1 Å². The molecule has 0 spiro atoms. The van der Waals surface area contributed by atoms with Crippen LogP contribution in [0.1, 0.15) is 60.3 Å². The van der Waals surface area contributed by atoms with Crippen LogP contribution in [0, 0.1) is 5.41 Å². The molecule has 1 aromatic heterocycles. The average Bonchev–Trinajstić information content (AvgIpc) is 3.37. The van der Waals surface area contributed by atoms with Gasteiger partial charge in [0.25, 0.3) is 0 Å². The van der Waals surface area contributed by atoms with Gasteiger partial charge in [-0.15, -0.1) is 0 Å². The van der Waals surface area contributed by atoms with Gasteiger partial charge in [-0.2, -0.15) is 5.10 Å². The van der Waals surface area contributed by atoms with Gasteiger partial charge in [-0.25, -0.2) is 4.79 Å². The summed E-state index contributed by atoms with van der Waals surface area (Å²) in [6, 6.07) is 18.5. The first-order valence-electron chi connectivity index (χ1n) is 12.9. The summed E-state index contributed by atoms with van der Waals surface area (Å²) in [5, 5.41) is 7.21. The Balaban J connectivity index is 1.49. The minimum Gasteiger partial charge on any atom is -0.492 e. The molecule has 6 nitrogen and oxygen atoms in total. The van der Waals surface area contributed by atoms with Gasteiger partial charge in [-0.1, -0.05) is 50.2 Å². The maximum atomic E-state index is 13.1. The Morgan fingerprint density at radius 3 is 2.42 bits per heavy atom. The summed E-state index contributed by atoms with van der Waals surface area (Å²) in [5.41, 5.74) is 3.98. The molecule has 2 aromatic carbocycles. The number of aromatic nitrogens is 2. The first-order chi connectivity index (χ1) is 17.1. The number of benzene rings is 2. The minimum atomic E-state index is -0.531. The number of hydrogen-bond donors (Lipinski definition) is 1. The number of hydrogen-bond acceptors (Lipinski definition) is 4. The second-order valence-electron chi connectivity index (χ2n) is 11.5. The van der Waals surface area contributed by atoms with Crippen LogP contribution in [0.15, 0.2) is 60.8 Å². The third-order valence-corrected chi connectivity index (χ3v) is 6.85. The van der Waals surface area contributed by atoms with Crippen molar-refractivity contribution in [1.29, 1.82) is 0 Å². The molecule has 1 amide bonds. The number of aromatic amines is 1. The van der Waals surface area contributed by atoms with E-state index in [9.17, 15) is 4.79 Å². The largest absolute Gasteiger partial charge is 0.492 e. The highest BCUT2D eigenvalue weighted by Crippen LogP contribution is 2.37. The van der Waals surface area contributed by atoms with Gasteiger partial charge >= 0.3 is 6.09 Å². The van der Waals surface area contributed by atoms with Gasteiger partial charge in [0.05, 0.1) is 12.2 Å². The van der Waals surface area contributed by atoms with Gasteiger partial charge in [0.2, 0.25) is 0 Å². The molecule has 1 N–H and O–H groups in total. The maximum Gasteiger partial charge on any atom is 0.410 e. The van der Waals surface area contributed by atoms with E-state index in [4.69, 9.17) is 9.47 Å². The number of carbonyl (C=O) groups excluding carboxylic acids is 1. The summed E-state index contributed by atoms with van der Waals surface area (Å²) in [7, 11) is 0. The van der Waals surface area contributed by atoms with Crippen LogP contribution in [0.4, 0.5) is 4.79 Å². The monoisotopic (exact) mass is 489 g/mol. The van der Waals surface area contributed by atoms with Crippen LogP contribution in [-0.2, 0) is 4.74 Å². The van der Waals surface area contributed by atoms with Crippen molar-refractivity contribution >= 4 is 6.09 Å². The fourth-order valence-corrected chi connectivity index (χ4v) is 4.81. The number of rotatable bonds is 7. The molecule has 1 aliphatic rings. The van der Waals surface area contributed by atoms with Crippen molar-refractivity contribution in [3.63, 3.8) is 0 Å². The van der Waals surface area contributed by atoms with Crippen LogP contribution >= 0.6 is 0 Å². The SMILES string of the molecule is CC1(C)CCC(N(CCOc2ccc(-c3ccccc3)c(-c3ccn[nH]3)c2)C(=O)OC(C)(C)C)CC1. The van der Waals surface area contributed by atoms with E-state index in [0.717, 1.165) is 53.8 Å². The Morgan fingerprint density at radius 2 is 1.78 bits per heavy atom. The molecule has 1 fully saturated rings. The van der Waals surface area contributed by atoms with Crippen molar-refractivity contribution < 1.29 is 14.3 Å². The predicted octanol–water partition coefficient (Wildman–Crippen LogP) is 7.33. The van der Waals surface area contributed by atoms with E-state index in [1.54, 1.807) is 6.20 Å². The third kappa shape index (κ3) is 6.68. The van der Waals surface area contributed by atoms with Crippen LogP contribution in [0.3, 0.4) is 0 Å². The van der Waals surface area contributed by atoms with Gasteiger partial charge in [-0.05, 0) is 81.2 Å². The first-order valence-corrected chi connectivity index (χ1v) is 12.9. The smallest absolute Gasteiger partial charge is 0.410 e. The number of nitrogens with zero attached hydrogens (tertiary/aromatic N) is 2. The zero-order valence-corrected chi connectivity index (χ0v) is 22.2. The van der Waals surface area contributed by atoms with Crippen LogP contribution in [0.25, 0.3) is 22.4 Å². The Morgan fingerprint density at radius 1 is 1.06 bits per heavy atom. The highest BCUT2D eigenvalue weighted by molar-refractivity contribution is 5.82. The molecule has 0 unspecified atom stereocenters. The van der Waals surface area contributed by atoms with E-state index in [1.165, 1.54) is 0 Å². The van der Waals surface area contributed by atoms with Crippen molar-refractivity contribution in [1.82, 2.24) is 15.1 Å². The van der Waals surface area contributed by atoms with Gasteiger partial charge in [0.15, 0.2) is 0 Å². The van der Waals surface area contributed by atoms with Crippen molar-refractivity contribution in [3.05, 3.63) is 60.8 Å². The van der Waals surface area contributed by atoms with Crippen molar-refractivity contribution in [2.45, 2.75) is 71.9 Å². The molecule has 6 heteroatoms. The molecule has 0 atom stereocenters. The lowest BCUT2D eigenvalue weighted by atomic mass is 9.75. The molecule has 36 heavy (non-hydrogen) atoms. The van der Waals surface area contributed by atoms with Crippen molar-refractivity contribution in [2.75, 3.05) is 13.2 Å². The Kier molecular flexibility index (Phi) is 7.72. The van der Waals surface area contributed by atoms with Crippen molar-refractivity contribution in [2.24, 2.45) is 5.41 Å². The Labute approximate surface area is 215 Å². The summed E-state index contributed by atoms with van der Waals surface area (Å²) >= 11 is 0. The molecular formula is C30H39N3O3. The molecule has 1 heterocycles. The number of H-pyrrole nitrogens is 1. The highest BCUT2D eigenvalue weighted by Gasteiger charge is 2.34. The van der Waals surface area contributed by atoms with Gasteiger partial charge in [0, 0.05) is 17.8 Å². The van der Waals surface area contributed by atoms with E-state index in [1.807, 2.05) is 62.1 Å². The Hall–Kier alpha value is -3.28. The zero-order chi connectivity index (χ0) is 25.8. The molecule has 3 aromatic rings. The normalized spacial score (nSPS) is 15.9. The molecule has 0 aliphatic heterocycles. The molecule has 0 saturated heterocycles. The molecule has 1 aliphatic carbocycles. The zero-order valence-electron chi connectivity index (χ0n) is 22.2. The fraction of sp³-hybridized carbons (Fsp3) is 0.467. The van der Waals surface area contributed by atoms with Gasteiger partial charge in [0.1, 0.15) is 18.0 Å². The van der Waals surface area contributed by atoms with E-state index in [0.29, 0.717) is 18.6 Å². The highest BCUT2D eigenvalue weighted by atomic mass is 16.6. The Bertz CT molecular complexity index is 1120. The summed E-state index contributed by atoms with van der Waals surface area (Å²) in [5.74, 6) is 0.758. The van der Waals surface area contributed by atoms with Crippen LogP contribution in [0.2, 0.25) is 0 Å². The standard InChI is InChI=1S/C30H39N3O3/c1-29(2,3)36-28(34)33(23-13-16-30(4,5)17-14-23)19-20-35-24-11-12-25(22-9-7-6-8-10-22)26(21-24)27-15-18-31-32-27/h6-12,15,18,21,23H,13-14,16-17,19-20H2,1-5H3,(H,31,32). The number of nitrogens with one attached hydrogen (secondary N) is 1. The summed E-state index contributed by atoms with van der Waals surface area (Å²) in [6.45, 7) is 11.2. The second-order valence-corrected chi connectivity index (χ2v) is 11.5. The average molecular weight is 490 g/mol. The van der Waals surface area contributed by atoms with E-state index >= 15 is 0 Å². The molecule has 0 radical (unpaired) electrons. The number of amides is 1. The number of carbonyl (C=O) groups is 1. The quantitative estimate of drug-likeness (QED) is 0.377. The molecule has 4 rings (SSSR count). The van der Waals surface area contributed by atoms with E-state index < -0.39 is 5.60 Å². The molecule has 0 bridgehead atoms. The summed E-state index contributed by atoms with van der Waals surface area (Å²) < 4.78 is 12.0. The maximum absolute atomic E-state index is 13.1. The number of ether oxygens (including phenoxy) is 2. The topological polar surface area (TPSA) is 67.5 Å². The van der Waals surface area contributed by atoms with Gasteiger partial charge < -0.3 is 14.4 Å². The predicted molar refractivity (Wildman–Crippen MR) is 144 cm³/mol. The molecule has 192 valence electrons. The van der Waals surface area contributed by atoms with Crippen LogP contribution in [-0.4, -0.2) is 46.0 Å². The first kappa shape index (κ1) is 25.8. The lowest BCUT2D eigenvalue weighted by Crippen LogP contribution is -2.47. The lowest BCUT2D eigenvalue weighted by Gasteiger charge is -2.40. The fourth-order valence-electron chi connectivity index (χ4n) is 4.81. The third-order valence-electron chi connectivity index (χ3n) is 6.85. The second kappa shape index (κ2) is 10.8. The minimum absolute atomic E-state index is 0.178. The van der Waals surface area contributed by atoms with Crippen LogP contribution < -0.4 is 4.74 Å². The summed E-state index contributed by atoms with van der Waals surface area (Å²) in [4.78, 5) is 15.0. The summed E-state index contributed by atoms with van der Waals surface area (Å²) in [6.07, 6.45) is 5.68. The lowest BCUT2D eigenvalue weighted by molar-refractivity contribution is 0.00425. The molecular weight excluding hydrogens is 450 g/mol. The van der Waals surface area contributed by atoms with E-state index in [-0.39, 0.29) is 12.1 Å². The van der Waals surface area contributed by atoms with Gasteiger partial charge in [-0.3, -0.25) is 5.10 Å². The van der Waals surface area contributed by atoms with E-state index in [2.05, 4.69) is 42.2 Å². The molecule has 1 saturated carbocycles. The van der Waals surface area contributed by atoms with Crippen LogP contribution in [0.5, 0.6) is 5.75 Å².